The molecule has 2 aromatic rings. The van der Waals surface area contributed by atoms with Crippen LogP contribution in [-0.4, -0.2) is 21.2 Å². The number of carbonyl (C=O) groups excluding carboxylic acids is 2. The first-order valence-electron chi connectivity index (χ1n) is 9.18. The number of nitro groups is 1. The second kappa shape index (κ2) is 8.16. The molecule has 1 heterocycles. The molecule has 1 amide bonds. The second-order valence-corrected chi connectivity index (χ2v) is 7.05. The molecule has 8 nitrogen and oxygen atoms in total. The van der Waals surface area contributed by atoms with Gasteiger partial charge < -0.3 is 10.3 Å². The maximum atomic E-state index is 12.6. The summed E-state index contributed by atoms with van der Waals surface area (Å²) < 4.78 is 0.857. The Morgan fingerprint density at radius 3 is 2.36 bits per heavy atom. The van der Waals surface area contributed by atoms with Gasteiger partial charge in [0.2, 0.25) is 0 Å². The fourth-order valence-electron chi connectivity index (χ4n) is 3.64. The first-order chi connectivity index (χ1) is 13.4. The van der Waals surface area contributed by atoms with E-state index in [4.69, 9.17) is 5.73 Å². The Morgan fingerprint density at radius 2 is 1.79 bits per heavy atom. The third kappa shape index (κ3) is 4.16. The van der Waals surface area contributed by atoms with Gasteiger partial charge in [-0.25, -0.2) is 0 Å². The van der Waals surface area contributed by atoms with Gasteiger partial charge in [-0.2, -0.15) is 0 Å². The molecule has 0 spiro atoms. The molecule has 0 bridgehead atoms. The van der Waals surface area contributed by atoms with Crippen molar-refractivity contribution < 1.29 is 14.5 Å². The van der Waals surface area contributed by atoms with Crippen molar-refractivity contribution in [3.63, 3.8) is 0 Å². The topological polar surface area (TPSA) is 125 Å². The van der Waals surface area contributed by atoms with Crippen LogP contribution in [0.5, 0.6) is 0 Å². The molecule has 1 aromatic heterocycles. The lowest BCUT2D eigenvalue weighted by Crippen LogP contribution is -2.31. The molecule has 8 heteroatoms. The zero-order chi connectivity index (χ0) is 20.3. The molecule has 0 unspecified atom stereocenters. The van der Waals surface area contributed by atoms with Crippen molar-refractivity contribution in [1.82, 2.24) is 4.57 Å². The van der Waals surface area contributed by atoms with Crippen molar-refractivity contribution in [1.29, 1.82) is 0 Å². The Hall–Kier alpha value is -3.29. The Labute approximate surface area is 161 Å². The lowest BCUT2D eigenvalue weighted by molar-refractivity contribution is -0.385. The summed E-state index contributed by atoms with van der Waals surface area (Å²) in [6, 6.07) is 8.10. The first kappa shape index (κ1) is 19.5. The highest BCUT2D eigenvalue weighted by atomic mass is 16.6. The van der Waals surface area contributed by atoms with Crippen LogP contribution >= 0.6 is 0 Å². The number of amides is 1. The van der Waals surface area contributed by atoms with Crippen LogP contribution in [0.3, 0.4) is 0 Å². The summed E-state index contributed by atoms with van der Waals surface area (Å²) in [7, 11) is 0. The van der Waals surface area contributed by atoms with E-state index >= 15 is 0 Å². The number of hydrogen-bond acceptors (Lipinski definition) is 5. The van der Waals surface area contributed by atoms with E-state index in [1.807, 2.05) is 12.1 Å². The lowest BCUT2D eigenvalue weighted by atomic mass is 9.84. The number of benzene rings is 1. The van der Waals surface area contributed by atoms with E-state index in [-0.39, 0.29) is 5.78 Å². The summed E-state index contributed by atoms with van der Waals surface area (Å²) in [5.41, 5.74) is 4.89. The number of aromatic nitrogens is 1. The van der Waals surface area contributed by atoms with Crippen LogP contribution in [0.1, 0.15) is 64.3 Å². The SMILES string of the molecule is NC(=O)c1cc([N+](=O)[O-])cn(CC(=O)c2ccc(C3CCCCC3)cc2)c1=O. The summed E-state index contributed by atoms with van der Waals surface area (Å²) >= 11 is 0. The van der Waals surface area contributed by atoms with Gasteiger partial charge in [-0.05, 0) is 24.3 Å². The number of hydrogen-bond donors (Lipinski definition) is 1. The van der Waals surface area contributed by atoms with Gasteiger partial charge in [0.1, 0.15) is 5.56 Å². The monoisotopic (exact) mass is 383 g/mol. The standard InChI is InChI=1S/C20H21N3O5/c21-19(25)17-10-16(23(27)28)11-22(20(17)26)12-18(24)15-8-6-14(7-9-15)13-4-2-1-3-5-13/h6-11,13H,1-5,12H2,(H2,21,25). The molecule has 146 valence electrons. The molecule has 0 radical (unpaired) electrons. The molecule has 3 rings (SSSR count). The average Bonchev–Trinajstić information content (AvgIpc) is 2.69. The van der Waals surface area contributed by atoms with Gasteiger partial charge in [0.15, 0.2) is 5.78 Å². The van der Waals surface area contributed by atoms with Crippen molar-refractivity contribution in [3.05, 3.63) is 73.7 Å². The summed E-state index contributed by atoms with van der Waals surface area (Å²) in [6.07, 6.45) is 6.92. The van der Waals surface area contributed by atoms with Crippen LogP contribution < -0.4 is 11.3 Å². The van der Waals surface area contributed by atoms with E-state index in [0.717, 1.165) is 29.7 Å². The Bertz CT molecular complexity index is 972. The number of primary amides is 1. The largest absolute Gasteiger partial charge is 0.365 e. The van der Waals surface area contributed by atoms with Gasteiger partial charge >= 0.3 is 0 Å². The minimum atomic E-state index is -1.08. The molecule has 28 heavy (non-hydrogen) atoms. The fourth-order valence-corrected chi connectivity index (χ4v) is 3.64. The highest BCUT2D eigenvalue weighted by Crippen LogP contribution is 2.32. The normalized spacial score (nSPS) is 14.6. The van der Waals surface area contributed by atoms with Crippen LogP contribution in [0, 0.1) is 10.1 Å². The first-order valence-corrected chi connectivity index (χ1v) is 9.18. The number of nitrogens with zero attached hydrogens (tertiary/aromatic N) is 2. The van der Waals surface area contributed by atoms with Crippen LogP contribution in [0.2, 0.25) is 0 Å². The quantitative estimate of drug-likeness (QED) is 0.466. The molecule has 1 saturated carbocycles. The average molecular weight is 383 g/mol. The van der Waals surface area contributed by atoms with Gasteiger partial charge in [0.05, 0.1) is 17.7 Å². The lowest BCUT2D eigenvalue weighted by Gasteiger charge is -2.22. The van der Waals surface area contributed by atoms with Crippen LogP contribution in [-0.2, 0) is 6.54 Å². The number of nitrogens with two attached hydrogens (primary N) is 1. The number of carbonyl (C=O) groups is 2. The van der Waals surface area contributed by atoms with Gasteiger partial charge in [-0.3, -0.25) is 24.5 Å². The Morgan fingerprint density at radius 1 is 1.14 bits per heavy atom. The highest BCUT2D eigenvalue weighted by Gasteiger charge is 2.20. The molecule has 1 aliphatic rings. The van der Waals surface area contributed by atoms with E-state index in [1.165, 1.54) is 24.8 Å². The van der Waals surface area contributed by atoms with E-state index in [2.05, 4.69) is 0 Å². The van der Waals surface area contributed by atoms with Crippen molar-refractivity contribution in [2.75, 3.05) is 0 Å². The van der Waals surface area contributed by atoms with Crippen molar-refractivity contribution in [3.8, 4) is 0 Å². The number of rotatable bonds is 6. The maximum Gasteiger partial charge on any atom is 0.286 e. The Kier molecular flexibility index (Phi) is 5.67. The molecular formula is C20H21N3O5. The highest BCUT2D eigenvalue weighted by molar-refractivity contribution is 5.96. The zero-order valence-corrected chi connectivity index (χ0v) is 15.3. The maximum absolute atomic E-state index is 12.6. The minimum absolute atomic E-state index is 0.381. The van der Waals surface area contributed by atoms with Gasteiger partial charge in [-0.1, -0.05) is 43.5 Å². The minimum Gasteiger partial charge on any atom is -0.365 e. The van der Waals surface area contributed by atoms with Crippen LogP contribution in [0.4, 0.5) is 5.69 Å². The van der Waals surface area contributed by atoms with Gasteiger partial charge in [-0.15, -0.1) is 0 Å². The molecule has 0 atom stereocenters. The molecule has 1 fully saturated rings. The summed E-state index contributed by atoms with van der Waals surface area (Å²) in [6.45, 7) is -0.413. The fraction of sp³-hybridized carbons (Fsp3) is 0.350. The van der Waals surface area contributed by atoms with E-state index in [0.29, 0.717) is 11.5 Å². The predicted molar refractivity (Wildman–Crippen MR) is 102 cm³/mol. The molecule has 0 saturated heterocycles. The summed E-state index contributed by atoms with van der Waals surface area (Å²) in [4.78, 5) is 46.6. The van der Waals surface area contributed by atoms with Gasteiger partial charge in [0.25, 0.3) is 17.2 Å². The van der Waals surface area contributed by atoms with Crippen LogP contribution in [0.25, 0.3) is 0 Å². The molecule has 1 aromatic carbocycles. The van der Waals surface area contributed by atoms with E-state index < -0.39 is 34.2 Å². The molecule has 2 N–H and O–H groups in total. The summed E-state index contributed by atoms with van der Waals surface area (Å²) in [5, 5.41) is 11.0. The molecule has 1 aliphatic carbocycles. The van der Waals surface area contributed by atoms with E-state index in [9.17, 15) is 24.5 Å². The van der Waals surface area contributed by atoms with Crippen molar-refractivity contribution in [2.24, 2.45) is 5.73 Å². The van der Waals surface area contributed by atoms with Crippen molar-refractivity contribution >= 4 is 17.4 Å². The Balaban J connectivity index is 1.83. The third-order valence-corrected chi connectivity index (χ3v) is 5.17. The second-order valence-electron chi connectivity index (χ2n) is 7.05. The number of ketones is 1. The van der Waals surface area contributed by atoms with E-state index in [1.54, 1.807) is 12.1 Å². The van der Waals surface area contributed by atoms with Crippen molar-refractivity contribution in [2.45, 2.75) is 44.6 Å². The third-order valence-electron chi connectivity index (χ3n) is 5.17. The van der Waals surface area contributed by atoms with Crippen LogP contribution in [0.15, 0.2) is 41.3 Å². The van der Waals surface area contributed by atoms with Gasteiger partial charge in [0, 0.05) is 11.6 Å². The smallest absolute Gasteiger partial charge is 0.286 e. The molecule has 0 aliphatic heterocycles. The number of Topliss-reactive ketones (excluding diaryl/α,β-unsaturated/α-hetero) is 1. The zero-order valence-electron chi connectivity index (χ0n) is 15.3. The predicted octanol–water partition coefficient (Wildman–Crippen LogP) is 2.79. The number of pyridine rings is 1. The molecular weight excluding hydrogens is 362 g/mol. The summed E-state index contributed by atoms with van der Waals surface area (Å²) in [5.74, 6) is -0.949.